The van der Waals surface area contributed by atoms with Crippen molar-refractivity contribution in [3.63, 3.8) is 0 Å². The number of hydrogen-bond donors (Lipinski definition) is 2. The average molecular weight is 350 g/mol. The molecule has 2 N–H and O–H groups in total. The number of hydrogen-bond acceptors (Lipinski definition) is 3. The first-order valence-corrected chi connectivity index (χ1v) is 8.53. The van der Waals surface area contributed by atoms with Crippen LogP contribution in [0, 0.1) is 12.7 Å². The molecule has 1 aliphatic heterocycles. The van der Waals surface area contributed by atoms with Crippen LogP contribution >= 0.6 is 0 Å². The standard InChI is InChI=1S/C20H19FN4O/c1-13-2-8-16(9-3-13)25-20(17-11-22-12-18(17)24-25)23-19(26)10-14-4-6-15(21)7-5-14/h2-9,22H,10-12H2,1H3,(H,23,26). The lowest BCUT2D eigenvalue weighted by atomic mass is 10.1. The van der Waals surface area contributed by atoms with Crippen molar-refractivity contribution in [3.8, 4) is 5.69 Å². The summed E-state index contributed by atoms with van der Waals surface area (Å²) in [6, 6.07) is 14.0. The molecule has 0 saturated heterocycles. The lowest BCUT2D eigenvalue weighted by molar-refractivity contribution is -0.115. The van der Waals surface area contributed by atoms with Crippen molar-refractivity contribution in [1.82, 2.24) is 15.1 Å². The summed E-state index contributed by atoms with van der Waals surface area (Å²) in [6.45, 7) is 3.39. The van der Waals surface area contributed by atoms with E-state index in [4.69, 9.17) is 0 Å². The molecule has 6 heteroatoms. The van der Waals surface area contributed by atoms with Gasteiger partial charge in [0.2, 0.25) is 5.91 Å². The van der Waals surface area contributed by atoms with E-state index >= 15 is 0 Å². The molecular weight excluding hydrogens is 331 g/mol. The number of benzene rings is 2. The van der Waals surface area contributed by atoms with Crippen LogP contribution in [0.3, 0.4) is 0 Å². The van der Waals surface area contributed by atoms with Gasteiger partial charge in [0.15, 0.2) is 0 Å². The predicted octanol–water partition coefficient (Wildman–Crippen LogP) is 3.10. The third-order valence-corrected chi connectivity index (χ3v) is 4.48. The van der Waals surface area contributed by atoms with Crippen LogP contribution in [0.4, 0.5) is 10.2 Å². The van der Waals surface area contributed by atoms with E-state index in [1.54, 1.807) is 16.8 Å². The van der Waals surface area contributed by atoms with Gasteiger partial charge in [0.05, 0.1) is 17.8 Å². The highest BCUT2D eigenvalue weighted by Crippen LogP contribution is 2.27. The monoisotopic (exact) mass is 350 g/mol. The van der Waals surface area contributed by atoms with Crippen LogP contribution in [0.5, 0.6) is 0 Å². The van der Waals surface area contributed by atoms with Crippen LogP contribution in [0.2, 0.25) is 0 Å². The summed E-state index contributed by atoms with van der Waals surface area (Å²) in [5.74, 6) is 0.232. The Balaban J connectivity index is 1.61. The normalized spacial score (nSPS) is 12.8. The Morgan fingerprint density at radius 3 is 2.62 bits per heavy atom. The maximum absolute atomic E-state index is 13.0. The summed E-state index contributed by atoms with van der Waals surface area (Å²) in [5, 5.41) is 10.9. The van der Waals surface area contributed by atoms with Crippen molar-refractivity contribution in [2.45, 2.75) is 26.4 Å². The molecule has 1 aromatic heterocycles. The highest BCUT2D eigenvalue weighted by Gasteiger charge is 2.24. The summed E-state index contributed by atoms with van der Waals surface area (Å²) >= 11 is 0. The number of carbonyl (C=O) groups is 1. The molecule has 0 atom stereocenters. The number of nitrogens with one attached hydrogen (secondary N) is 2. The van der Waals surface area contributed by atoms with E-state index in [0.29, 0.717) is 18.9 Å². The van der Waals surface area contributed by atoms with Crippen molar-refractivity contribution in [2.75, 3.05) is 5.32 Å². The lowest BCUT2D eigenvalue weighted by Crippen LogP contribution is -2.19. The average Bonchev–Trinajstić information content (AvgIpc) is 3.21. The fraction of sp³-hybridized carbons (Fsp3) is 0.200. The Morgan fingerprint density at radius 2 is 1.88 bits per heavy atom. The summed E-state index contributed by atoms with van der Waals surface area (Å²) in [7, 11) is 0. The molecule has 1 aliphatic rings. The molecule has 0 radical (unpaired) electrons. The van der Waals surface area contributed by atoms with Crippen molar-refractivity contribution >= 4 is 11.7 Å². The van der Waals surface area contributed by atoms with E-state index in [-0.39, 0.29) is 18.1 Å². The van der Waals surface area contributed by atoms with E-state index in [9.17, 15) is 9.18 Å². The molecule has 5 nitrogen and oxygen atoms in total. The largest absolute Gasteiger partial charge is 0.310 e. The molecule has 26 heavy (non-hydrogen) atoms. The maximum atomic E-state index is 13.0. The van der Waals surface area contributed by atoms with Crippen LogP contribution in [0.1, 0.15) is 22.4 Å². The van der Waals surface area contributed by atoms with Gasteiger partial charge in [0, 0.05) is 18.7 Å². The van der Waals surface area contributed by atoms with Crippen molar-refractivity contribution in [3.05, 3.63) is 76.7 Å². The van der Waals surface area contributed by atoms with Crippen LogP contribution in [-0.2, 0) is 24.3 Å². The molecule has 4 rings (SSSR count). The van der Waals surface area contributed by atoms with Gasteiger partial charge in [-0.2, -0.15) is 5.10 Å². The second-order valence-corrected chi connectivity index (χ2v) is 6.48. The zero-order valence-electron chi connectivity index (χ0n) is 14.4. The van der Waals surface area contributed by atoms with Crippen molar-refractivity contribution in [1.29, 1.82) is 0 Å². The molecule has 2 heterocycles. The molecule has 2 aromatic carbocycles. The van der Waals surface area contributed by atoms with Gasteiger partial charge in [-0.1, -0.05) is 29.8 Å². The molecule has 0 bridgehead atoms. The zero-order chi connectivity index (χ0) is 18.1. The second kappa shape index (κ2) is 6.72. The fourth-order valence-corrected chi connectivity index (χ4v) is 3.09. The molecule has 0 aliphatic carbocycles. The molecule has 0 unspecified atom stereocenters. The molecular formula is C20H19FN4O. The molecule has 0 saturated carbocycles. The molecule has 3 aromatic rings. The Hall–Kier alpha value is -2.99. The number of rotatable bonds is 4. The lowest BCUT2D eigenvalue weighted by Gasteiger charge is -2.11. The van der Waals surface area contributed by atoms with Crippen LogP contribution < -0.4 is 10.6 Å². The SMILES string of the molecule is Cc1ccc(-n2nc3c(c2NC(=O)Cc2ccc(F)cc2)CNC3)cc1. The van der Waals surface area contributed by atoms with Gasteiger partial charge in [-0.25, -0.2) is 9.07 Å². The number of halogens is 1. The van der Waals surface area contributed by atoms with E-state index in [1.165, 1.54) is 12.1 Å². The summed E-state index contributed by atoms with van der Waals surface area (Å²) in [5.41, 5.74) is 4.79. The highest BCUT2D eigenvalue weighted by atomic mass is 19.1. The summed E-state index contributed by atoms with van der Waals surface area (Å²) in [4.78, 5) is 12.5. The van der Waals surface area contributed by atoms with E-state index in [1.807, 2.05) is 31.2 Å². The first-order valence-electron chi connectivity index (χ1n) is 8.53. The number of carbonyl (C=O) groups excluding carboxylic acids is 1. The Kier molecular flexibility index (Phi) is 4.26. The van der Waals surface area contributed by atoms with Crippen molar-refractivity contribution in [2.24, 2.45) is 0 Å². The number of aromatic nitrogens is 2. The van der Waals surface area contributed by atoms with Gasteiger partial charge < -0.3 is 10.6 Å². The minimum absolute atomic E-state index is 0.153. The molecule has 0 spiro atoms. The van der Waals surface area contributed by atoms with Gasteiger partial charge >= 0.3 is 0 Å². The first kappa shape index (κ1) is 16.5. The topological polar surface area (TPSA) is 59.0 Å². The fourth-order valence-electron chi connectivity index (χ4n) is 3.09. The number of aryl methyl sites for hydroxylation is 1. The first-order chi connectivity index (χ1) is 12.6. The minimum Gasteiger partial charge on any atom is -0.310 e. The van der Waals surface area contributed by atoms with Crippen LogP contribution in [0.15, 0.2) is 48.5 Å². The van der Waals surface area contributed by atoms with E-state index < -0.39 is 0 Å². The quantitative estimate of drug-likeness (QED) is 0.760. The third kappa shape index (κ3) is 3.23. The number of anilines is 1. The van der Waals surface area contributed by atoms with Crippen molar-refractivity contribution < 1.29 is 9.18 Å². The third-order valence-electron chi connectivity index (χ3n) is 4.48. The van der Waals surface area contributed by atoms with Crippen LogP contribution in [0.25, 0.3) is 5.69 Å². The zero-order valence-corrected chi connectivity index (χ0v) is 14.4. The van der Waals surface area contributed by atoms with E-state index in [2.05, 4.69) is 15.7 Å². The number of fused-ring (bicyclic) bond motifs is 1. The Labute approximate surface area is 150 Å². The molecule has 0 fully saturated rings. The summed E-state index contributed by atoms with van der Waals surface area (Å²) < 4.78 is 14.8. The maximum Gasteiger partial charge on any atom is 0.229 e. The van der Waals surface area contributed by atoms with Crippen LogP contribution in [-0.4, -0.2) is 15.7 Å². The van der Waals surface area contributed by atoms with E-state index in [0.717, 1.165) is 28.1 Å². The smallest absolute Gasteiger partial charge is 0.229 e. The van der Waals surface area contributed by atoms with Gasteiger partial charge in [-0.15, -0.1) is 0 Å². The number of amides is 1. The van der Waals surface area contributed by atoms with Gasteiger partial charge in [-0.05, 0) is 36.8 Å². The number of nitrogens with zero attached hydrogens (tertiary/aromatic N) is 2. The predicted molar refractivity (Wildman–Crippen MR) is 97.6 cm³/mol. The van der Waals surface area contributed by atoms with Gasteiger partial charge in [-0.3, -0.25) is 4.79 Å². The second-order valence-electron chi connectivity index (χ2n) is 6.48. The minimum atomic E-state index is -0.310. The highest BCUT2D eigenvalue weighted by molar-refractivity contribution is 5.92. The molecule has 132 valence electrons. The summed E-state index contributed by atoms with van der Waals surface area (Å²) in [6.07, 6.45) is 0.182. The van der Waals surface area contributed by atoms with Gasteiger partial charge in [0.25, 0.3) is 0 Å². The Bertz CT molecular complexity index is 945. The molecule has 1 amide bonds. The Morgan fingerprint density at radius 1 is 1.15 bits per heavy atom. The van der Waals surface area contributed by atoms with Gasteiger partial charge in [0.1, 0.15) is 11.6 Å².